The number of aryl methyl sites for hydroxylation is 1. The zero-order valence-corrected chi connectivity index (χ0v) is 17.4. The van der Waals surface area contributed by atoms with Gasteiger partial charge in [-0.3, -0.25) is 9.69 Å². The summed E-state index contributed by atoms with van der Waals surface area (Å²) >= 11 is 2.85. The molecule has 3 heterocycles. The molecule has 29 heavy (non-hydrogen) atoms. The van der Waals surface area contributed by atoms with E-state index in [9.17, 15) is 4.79 Å². The van der Waals surface area contributed by atoms with Crippen LogP contribution < -0.4 is 10.7 Å². The van der Waals surface area contributed by atoms with Crippen molar-refractivity contribution >= 4 is 39.8 Å². The lowest BCUT2D eigenvalue weighted by atomic mass is 10.2. The number of nitrogens with two attached hydrogens (primary N) is 1. The highest BCUT2D eigenvalue weighted by molar-refractivity contribution is 7.98. The van der Waals surface area contributed by atoms with Crippen molar-refractivity contribution in [2.24, 2.45) is 0 Å². The first-order valence-electron chi connectivity index (χ1n) is 8.72. The molecular formula is C19H18N6O2S2. The van der Waals surface area contributed by atoms with Crippen LogP contribution >= 0.6 is 23.1 Å². The number of carbonyl (C=O) groups excluding carboxylic acids is 1. The van der Waals surface area contributed by atoms with Gasteiger partial charge in [-0.25, -0.2) is 9.66 Å². The number of thiazole rings is 1. The smallest absolute Gasteiger partial charge is 0.230 e. The minimum Gasteiger partial charge on any atom is -0.469 e. The first kappa shape index (κ1) is 19.2. The summed E-state index contributed by atoms with van der Waals surface area (Å²) in [6.07, 6.45) is 1.59. The molecule has 0 saturated heterocycles. The number of nitrogen functional groups attached to an aromatic ring is 1. The predicted molar refractivity (Wildman–Crippen MR) is 114 cm³/mol. The molecule has 0 aliphatic heterocycles. The van der Waals surface area contributed by atoms with E-state index in [1.54, 1.807) is 11.2 Å². The average Bonchev–Trinajstić information content (AvgIpc) is 3.42. The van der Waals surface area contributed by atoms with E-state index in [1.807, 2.05) is 48.7 Å². The molecule has 2 N–H and O–H groups in total. The first-order valence-corrected chi connectivity index (χ1v) is 10.6. The van der Waals surface area contributed by atoms with Crippen LogP contribution in [-0.4, -0.2) is 25.8 Å². The largest absolute Gasteiger partial charge is 0.469 e. The van der Waals surface area contributed by atoms with Gasteiger partial charge in [0.05, 0.1) is 23.2 Å². The number of benzene rings is 1. The van der Waals surface area contributed by atoms with Gasteiger partial charge < -0.3 is 10.3 Å². The molecule has 4 rings (SSSR count). The molecule has 0 spiro atoms. The second-order valence-electron chi connectivity index (χ2n) is 6.17. The summed E-state index contributed by atoms with van der Waals surface area (Å²) in [5.74, 6) is 7.89. The molecule has 0 aliphatic carbocycles. The molecule has 4 aromatic rings. The van der Waals surface area contributed by atoms with Crippen LogP contribution in [0.3, 0.4) is 0 Å². The lowest BCUT2D eigenvalue weighted by Gasteiger charge is -2.17. The van der Waals surface area contributed by atoms with Crippen LogP contribution in [0.1, 0.15) is 18.4 Å². The maximum Gasteiger partial charge on any atom is 0.230 e. The third-order valence-electron chi connectivity index (χ3n) is 4.17. The number of hydrogen-bond acceptors (Lipinski definition) is 8. The minimum atomic E-state index is -0.0911. The summed E-state index contributed by atoms with van der Waals surface area (Å²) in [5, 5.41) is 11.5. The van der Waals surface area contributed by atoms with E-state index >= 15 is 0 Å². The van der Waals surface area contributed by atoms with Crippen molar-refractivity contribution in [2.75, 3.05) is 10.7 Å². The van der Waals surface area contributed by atoms with Crippen molar-refractivity contribution in [3.63, 3.8) is 0 Å². The molecule has 0 atom stereocenters. The topological polar surface area (TPSA) is 103 Å². The molecule has 10 heteroatoms. The van der Waals surface area contributed by atoms with E-state index in [-0.39, 0.29) is 5.91 Å². The van der Waals surface area contributed by atoms with E-state index in [2.05, 4.69) is 15.2 Å². The van der Waals surface area contributed by atoms with E-state index in [4.69, 9.17) is 10.3 Å². The summed E-state index contributed by atoms with van der Waals surface area (Å²) in [6.45, 7) is 3.38. The molecule has 0 unspecified atom stereocenters. The van der Waals surface area contributed by atoms with Gasteiger partial charge in [-0.2, -0.15) is 0 Å². The number of para-hydroxylation sites is 1. The number of rotatable bonds is 6. The number of amides is 1. The van der Waals surface area contributed by atoms with E-state index < -0.39 is 0 Å². The van der Waals surface area contributed by atoms with Gasteiger partial charge in [0.2, 0.25) is 11.1 Å². The van der Waals surface area contributed by atoms with Crippen molar-refractivity contribution in [3.05, 3.63) is 59.5 Å². The average molecular weight is 427 g/mol. The van der Waals surface area contributed by atoms with Gasteiger partial charge >= 0.3 is 0 Å². The van der Waals surface area contributed by atoms with Gasteiger partial charge in [0, 0.05) is 18.1 Å². The fourth-order valence-electron chi connectivity index (χ4n) is 2.78. The summed E-state index contributed by atoms with van der Waals surface area (Å²) < 4.78 is 6.76. The number of carbonyl (C=O) groups is 1. The maximum atomic E-state index is 12.2. The lowest BCUT2D eigenvalue weighted by molar-refractivity contribution is -0.115. The summed E-state index contributed by atoms with van der Waals surface area (Å²) in [7, 11) is 0. The Bertz CT molecular complexity index is 1130. The van der Waals surface area contributed by atoms with Gasteiger partial charge in [0.25, 0.3) is 0 Å². The monoisotopic (exact) mass is 426 g/mol. The molecule has 1 aromatic carbocycles. The van der Waals surface area contributed by atoms with Crippen LogP contribution in [0.25, 0.3) is 11.4 Å². The van der Waals surface area contributed by atoms with Crippen LogP contribution in [0.15, 0.2) is 57.6 Å². The van der Waals surface area contributed by atoms with Crippen LogP contribution in [-0.2, 0) is 10.5 Å². The SMILES string of the molecule is CC(=O)N(c1ccccc1)c1nc(CSc2nnc(-c3ccoc3C)n2N)cs1. The Balaban J connectivity index is 1.50. The fraction of sp³-hybridized carbons (Fsp3) is 0.158. The van der Waals surface area contributed by atoms with E-state index in [0.717, 1.165) is 22.7 Å². The summed E-state index contributed by atoms with van der Waals surface area (Å²) in [5.41, 5.74) is 2.43. The van der Waals surface area contributed by atoms with Crippen molar-refractivity contribution in [3.8, 4) is 11.4 Å². The Morgan fingerprint density at radius 1 is 1.28 bits per heavy atom. The summed E-state index contributed by atoms with van der Waals surface area (Å²) in [6, 6.07) is 11.3. The first-order chi connectivity index (χ1) is 14.0. The number of aromatic nitrogens is 4. The number of thioether (sulfide) groups is 1. The van der Waals surface area contributed by atoms with Crippen LogP contribution in [0.5, 0.6) is 0 Å². The molecule has 3 aromatic heterocycles. The maximum absolute atomic E-state index is 12.2. The van der Waals surface area contributed by atoms with Crippen LogP contribution in [0, 0.1) is 6.92 Å². The van der Waals surface area contributed by atoms with Crippen LogP contribution in [0.4, 0.5) is 10.8 Å². The molecule has 0 saturated carbocycles. The Morgan fingerprint density at radius 3 is 2.76 bits per heavy atom. The van der Waals surface area contributed by atoms with Gasteiger partial charge in [-0.05, 0) is 25.1 Å². The van der Waals surface area contributed by atoms with E-state index in [1.165, 1.54) is 34.7 Å². The van der Waals surface area contributed by atoms with Crippen molar-refractivity contribution in [1.82, 2.24) is 19.9 Å². The molecule has 1 amide bonds. The molecule has 0 aliphatic rings. The lowest BCUT2D eigenvalue weighted by Crippen LogP contribution is -2.22. The Labute approximate surface area is 175 Å². The highest BCUT2D eigenvalue weighted by atomic mass is 32.2. The van der Waals surface area contributed by atoms with Gasteiger partial charge in [0.1, 0.15) is 5.76 Å². The number of furan rings is 1. The standard InChI is InChI=1S/C19H18N6O2S2/c1-12-16(8-9-27-12)17-22-23-19(25(17)20)29-11-14-10-28-18(21-14)24(13(2)26)15-6-4-3-5-7-15/h3-10H,11,20H2,1-2H3. The third kappa shape index (κ3) is 3.89. The van der Waals surface area contributed by atoms with Crippen molar-refractivity contribution in [1.29, 1.82) is 0 Å². The molecular weight excluding hydrogens is 408 g/mol. The number of nitrogens with zero attached hydrogens (tertiary/aromatic N) is 5. The number of hydrogen-bond donors (Lipinski definition) is 1. The van der Waals surface area contributed by atoms with Crippen LogP contribution in [0.2, 0.25) is 0 Å². The van der Waals surface area contributed by atoms with Gasteiger partial charge in [0.15, 0.2) is 11.0 Å². The second kappa shape index (κ2) is 8.10. The Hall–Kier alpha value is -3.11. The van der Waals surface area contributed by atoms with Gasteiger partial charge in [-0.1, -0.05) is 30.0 Å². The fourth-order valence-corrected chi connectivity index (χ4v) is 4.53. The normalized spacial score (nSPS) is 11.0. The highest BCUT2D eigenvalue weighted by Crippen LogP contribution is 2.31. The van der Waals surface area contributed by atoms with Crippen molar-refractivity contribution < 1.29 is 9.21 Å². The van der Waals surface area contributed by atoms with E-state index in [0.29, 0.717) is 21.9 Å². The quantitative estimate of drug-likeness (QED) is 0.367. The third-order valence-corrected chi connectivity index (χ3v) is 6.02. The molecule has 0 bridgehead atoms. The molecule has 8 nitrogen and oxygen atoms in total. The minimum absolute atomic E-state index is 0.0911. The summed E-state index contributed by atoms with van der Waals surface area (Å²) in [4.78, 5) is 18.4. The van der Waals surface area contributed by atoms with Crippen molar-refractivity contribution in [2.45, 2.75) is 24.8 Å². The number of anilines is 2. The zero-order chi connectivity index (χ0) is 20.4. The molecule has 0 radical (unpaired) electrons. The Kier molecular flexibility index (Phi) is 5.36. The second-order valence-corrected chi connectivity index (χ2v) is 7.95. The predicted octanol–water partition coefficient (Wildman–Crippen LogP) is 3.99. The molecule has 148 valence electrons. The molecule has 0 fully saturated rings. The highest BCUT2D eigenvalue weighted by Gasteiger charge is 2.19. The van der Waals surface area contributed by atoms with Gasteiger partial charge in [-0.15, -0.1) is 21.5 Å². The Morgan fingerprint density at radius 2 is 2.07 bits per heavy atom. The zero-order valence-electron chi connectivity index (χ0n) is 15.8.